The zero-order valence-electron chi connectivity index (χ0n) is 15.2. The van der Waals surface area contributed by atoms with Crippen molar-refractivity contribution >= 4 is 25.2 Å². The van der Waals surface area contributed by atoms with Gasteiger partial charge in [-0.3, -0.25) is 4.79 Å². The van der Waals surface area contributed by atoms with Gasteiger partial charge in [-0.25, -0.2) is 9.18 Å². The van der Waals surface area contributed by atoms with Crippen molar-refractivity contribution in [1.29, 1.82) is 0 Å². The van der Waals surface area contributed by atoms with Crippen molar-refractivity contribution in [3.05, 3.63) is 46.0 Å². The quantitative estimate of drug-likeness (QED) is 0.817. The molecule has 0 unspecified atom stereocenters. The maximum atomic E-state index is 14.3. The Kier molecular flexibility index (Phi) is 5.20. The summed E-state index contributed by atoms with van der Waals surface area (Å²) in [6.45, 7) is 11.2. The van der Waals surface area contributed by atoms with Crippen LogP contribution >= 0.6 is 0 Å². The van der Waals surface area contributed by atoms with Crippen LogP contribution in [0, 0.1) is 5.82 Å². The number of hydrogen-bond donors (Lipinski definition) is 1. The van der Waals surface area contributed by atoms with E-state index in [2.05, 4.69) is 33.9 Å². The van der Waals surface area contributed by atoms with Gasteiger partial charge in [0.2, 0.25) is 5.43 Å². The zero-order valence-corrected chi connectivity index (χ0v) is 16.2. The molecule has 0 radical (unpaired) electrons. The molecule has 0 bridgehead atoms. The third-order valence-electron chi connectivity index (χ3n) is 4.88. The molecule has 0 aliphatic heterocycles. The molecular formula is C18H24FNO4Si. The van der Waals surface area contributed by atoms with E-state index in [0.717, 1.165) is 0 Å². The summed E-state index contributed by atoms with van der Waals surface area (Å²) < 4.78 is 21.8. The normalized spacial score (nSPS) is 12.6. The Morgan fingerprint density at radius 2 is 1.96 bits per heavy atom. The highest BCUT2D eigenvalue weighted by molar-refractivity contribution is 6.74. The fourth-order valence-electron chi connectivity index (χ4n) is 2.36. The highest BCUT2D eigenvalue weighted by Gasteiger charge is 2.36. The van der Waals surface area contributed by atoms with Crippen LogP contribution in [-0.4, -0.2) is 30.6 Å². The minimum absolute atomic E-state index is 0.0378. The number of carbonyl (C=O) groups is 1. The first-order valence-electron chi connectivity index (χ1n) is 8.14. The average Bonchev–Trinajstić information content (AvgIpc) is 2.48. The fourth-order valence-corrected chi connectivity index (χ4v) is 3.39. The maximum absolute atomic E-state index is 14.3. The second-order valence-electron chi connectivity index (χ2n) is 7.62. The van der Waals surface area contributed by atoms with Gasteiger partial charge in [0, 0.05) is 18.1 Å². The van der Waals surface area contributed by atoms with Crippen molar-refractivity contribution < 1.29 is 18.7 Å². The van der Waals surface area contributed by atoms with E-state index < -0.39 is 25.5 Å². The molecule has 5 nitrogen and oxygen atoms in total. The van der Waals surface area contributed by atoms with Crippen LogP contribution < -0.4 is 5.43 Å². The number of fused-ring (bicyclic) bond motifs is 1. The van der Waals surface area contributed by atoms with Crippen LogP contribution in [0.2, 0.25) is 18.1 Å². The Balaban J connectivity index is 2.43. The molecule has 0 fully saturated rings. The number of pyridine rings is 1. The molecule has 2 rings (SSSR count). The first-order chi connectivity index (χ1) is 11.5. The van der Waals surface area contributed by atoms with Gasteiger partial charge in [-0.2, -0.15) is 0 Å². The molecule has 0 saturated carbocycles. The van der Waals surface area contributed by atoms with Gasteiger partial charge in [0.15, 0.2) is 8.32 Å². The molecule has 2 aromatic rings. The number of halogens is 1. The summed E-state index contributed by atoms with van der Waals surface area (Å²) in [5.74, 6) is -1.88. The Morgan fingerprint density at radius 3 is 2.52 bits per heavy atom. The molecule has 1 heterocycles. The summed E-state index contributed by atoms with van der Waals surface area (Å²) in [5, 5.41) is 9.35. The molecule has 136 valence electrons. The topological polar surface area (TPSA) is 68.5 Å². The summed E-state index contributed by atoms with van der Waals surface area (Å²) in [6.07, 6.45) is 1.20. The third-order valence-corrected chi connectivity index (χ3v) is 9.42. The summed E-state index contributed by atoms with van der Waals surface area (Å²) in [4.78, 5) is 23.6. The Bertz CT molecular complexity index is 868. The van der Waals surface area contributed by atoms with E-state index >= 15 is 0 Å². The number of hydrogen-bond acceptors (Lipinski definition) is 3. The third kappa shape index (κ3) is 3.82. The highest BCUT2D eigenvalue weighted by Crippen LogP contribution is 2.36. The predicted octanol–water partition coefficient (Wildman–Crippen LogP) is 3.86. The van der Waals surface area contributed by atoms with E-state index in [1.807, 2.05) is 0 Å². The van der Waals surface area contributed by atoms with Gasteiger partial charge >= 0.3 is 5.97 Å². The number of nitrogens with zero attached hydrogens (tertiary/aromatic N) is 1. The van der Waals surface area contributed by atoms with Crippen molar-refractivity contribution in [2.75, 3.05) is 6.61 Å². The lowest BCUT2D eigenvalue weighted by molar-refractivity contribution is 0.0694. The van der Waals surface area contributed by atoms with Gasteiger partial charge in [0.25, 0.3) is 0 Å². The fraction of sp³-hybridized carbons (Fsp3) is 0.444. The molecule has 0 aliphatic rings. The first kappa shape index (κ1) is 19.3. The van der Waals surface area contributed by atoms with E-state index in [9.17, 15) is 19.1 Å². The summed E-state index contributed by atoms with van der Waals surface area (Å²) >= 11 is 0. The number of aromatic carboxylic acids is 1. The van der Waals surface area contributed by atoms with Crippen molar-refractivity contribution in [2.24, 2.45) is 0 Å². The molecule has 1 N–H and O–H groups in total. The monoisotopic (exact) mass is 365 g/mol. The smallest absolute Gasteiger partial charge is 0.341 e. The molecular weight excluding hydrogens is 341 g/mol. The van der Waals surface area contributed by atoms with E-state index in [4.69, 9.17) is 4.43 Å². The standard InChI is InChI=1S/C18H24FNO4Si/c1-18(2,3)25(4,5)24-10-9-20-11-13(17(22)23)16(21)12-7-6-8-14(19)15(12)20/h6-8,11H,9-10H2,1-5H3,(H,22,23). The molecule has 0 saturated heterocycles. The number of aromatic nitrogens is 1. The Labute approximate surface area is 147 Å². The Hall–Kier alpha value is -1.99. The average molecular weight is 365 g/mol. The summed E-state index contributed by atoms with van der Waals surface area (Å²) in [5.41, 5.74) is -0.940. The number of carboxylic acids is 1. The van der Waals surface area contributed by atoms with Crippen LogP contribution in [-0.2, 0) is 11.0 Å². The highest BCUT2D eigenvalue weighted by atomic mass is 28.4. The lowest BCUT2D eigenvalue weighted by atomic mass is 10.1. The van der Waals surface area contributed by atoms with Crippen LogP contribution in [0.3, 0.4) is 0 Å². The number of benzene rings is 1. The van der Waals surface area contributed by atoms with Gasteiger partial charge in [0.05, 0.1) is 12.1 Å². The second-order valence-corrected chi connectivity index (χ2v) is 12.4. The molecule has 25 heavy (non-hydrogen) atoms. The predicted molar refractivity (Wildman–Crippen MR) is 98.3 cm³/mol. The van der Waals surface area contributed by atoms with E-state index in [-0.39, 0.29) is 28.0 Å². The van der Waals surface area contributed by atoms with Crippen LogP contribution in [0.4, 0.5) is 4.39 Å². The largest absolute Gasteiger partial charge is 0.477 e. The molecule has 0 atom stereocenters. The molecule has 7 heteroatoms. The van der Waals surface area contributed by atoms with Crippen LogP contribution in [0.25, 0.3) is 10.9 Å². The lowest BCUT2D eigenvalue weighted by Gasteiger charge is -2.36. The summed E-state index contributed by atoms with van der Waals surface area (Å²) in [7, 11) is -1.97. The van der Waals surface area contributed by atoms with E-state index in [1.54, 1.807) is 0 Å². The van der Waals surface area contributed by atoms with Gasteiger partial charge in [-0.15, -0.1) is 0 Å². The van der Waals surface area contributed by atoms with Crippen molar-refractivity contribution in [3.63, 3.8) is 0 Å². The molecule has 1 aromatic carbocycles. The zero-order chi connectivity index (χ0) is 19.0. The van der Waals surface area contributed by atoms with Gasteiger partial charge in [-0.05, 0) is 30.3 Å². The SMILES string of the molecule is CC(C)(C)[Si](C)(C)OCCn1cc(C(=O)O)c(=O)c2cccc(F)c21. The van der Waals surface area contributed by atoms with Crippen LogP contribution in [0.15, 0.2) is 29.2 Å². The van der Waals surface area contributed by atoms with Crippen molar-refractivity contribution in [1.82, 2.24) is 4.57 Å². The maximum Gasteiger partial charge on any atom is 0.341 e. The number of carboxylic acid groups (broad SMARTS) is 1. The van der Waals surface area contributed by atoms with Crippen LogP contribution in [0.5, 0.6) is 0 Å². The van der Waals surface area contributed by atoms with E-state index in [0.29, 0.717) is 6.61 Å². The molecule has 0 spiro atoms. The molecule has 0 aliphatic carbocycles. The number of rotatable bonds is 5. The second kappa shape index (κ2) is 6.72. The number of para-hydroxylation sites is 1. The summed E-state index contributed by atoms with van der Waals surface area (Å²) in [6, 6.07) is 4.10. The van der Waals surface area contributed by atoms with Crippen molar-refractivity contribution in [3.8, 4) is 0 Å². The Morgan fingerprint density at radius 1 is 1.32 bits per heavy atom. The van der Waals surface area contributed by atoms with Gasteiger partial charge in [-0.1, -0.05) is 26.8 Å². The first-order valence-corrected chi connectivity index (χ1v) is 11.1. The minimum Gasteiger partial charge on any atom is -0.477 e. The van der Waals surface area contributed by atoms with Crippen LogP contribution in [0.1, 0.15) is 31.1 Å². The van der Waals surface area contributed by atoms with E-state index in [1.165, 1.54) is 29.0 Å². The minimum atomic E-state index is -1.97. The van der Waals surface area contributed by atoms with Gasteiger partial charge in [0.1, 0.15) is 11.4 Å². The molecule has 0 amide bonds. The van der Waals surface area contributed by atoms with Gasteiger partial charge < -0.3 is 14.1 Å². The molecule has 1 aromatic heterocycles. The lowest BCUT2D eigenvalue weighted by Crippen LogP contribution is -2.41. The van der Waals surface area contributed by atoms with Crippen molar-refractivity contribution in [2.45, 2.75) is 45.4 Å².